The zero-order valence-electron chi connectivity index (χ0n) is 7.53. The lowest BCUT2D eigenvalue weighted by atomic mass is 10.2. The number of para-hydroxylation sites is 1. The summed E-state index contributed by atoms with van der Waals surface area (Å²) in [6, 6.07) is 7.33. The Kier molecular flexibility index (Phi) is 1.39. The van der Waals surface area contributed by atoms with Crippen molar-refractivity contribution in [3.8, 4) is 0 Å². The third kappa shape index (κ3) is 1.03. The standard InChI is InChI=1S/C10H6N2O3/c13-9-8-7(12-10(14)15-9)5-3-1-2-4-6(5)11-8/h1-4,11H,(H,12,14). The van der Waals surface area contributed by atoms with Crippen LogP contribution >= 0.6 is 0 Å². The molecule has 3 aromatic rings. The zero-order chi connectivity index (χ0) is 10.4. The van der Waals surface area contributed by atoms with Crippen molar-refractivity contribution in [1.82, 2.24) is 9.97 Å². The SMILES string of the molecule is O=c1[nH]c2c([nH]c3ccccc32)c(=O)o1. The molecule has 0 radical (unpaired) electrons. The minimum Gasteiger partial charge on any atom is -0.371 e. The van der Waals surface area contributed by atoms with E-state index in [0.717, 1.165) is 10.9 Å². The maximum absolute atomic E-state index is 11.4. The lowest BCUT2D eigenvalue weighted by Gasteiger charge is -1.87. The first-order valence-electron chi connectivity index (χ1n) is 4.39. The average molecular weight is 202 g/mol. The third-order valence-electron chi connectivity index (χ3n) is 2.32. The van der Waals surface area contributed by atoms with E-state index in [-0.39, 0.29) is 5.52 Å². The van der Waals surface area contributed by atoms with Gasteiger partial charge in [0.05, 0.1) is 5.52 Å². The molecule has 2 N–H and O–H groups in total. The smallest absolute Gasteiger partial charge is 0.371 e. The molecule has 0 aliphatic heterocycles. The molecule has 0 amide bonds. The third-order valence-corrected chi connectivity index (χ3v) is 2.32. The van der Waals surface area contributed by atoms with Crippen LogP contribution in [0.15, 0.2) is 38.3 Å². The summed E-state index contributed by atoms with van der Waals surface area (Å²) >= 11 is 0. The Morgan fingerprint density at radius 2 is 1.80 bits per heavy atom. The predicted molar refractivity (Wildman–Crippen MR) is 55.0 cm³/mol. The highest BCUT2D eigenvalue weighted by atomic mass is 16.4. The molecule has 3 rings (SSSR count). The number of aromatic nitrogens is 2. The van der Waals surface area contributed by atoms with Gasteiger partial charge in [0.25, 0.3) is 0 Å². The topological polar surface area (TPSA) is 78.9 Å². The number of hydrogen-bond donors (Lipinski definition) is 2. The van der Waals surface area contributed by atoms with Gasteiger partial charge in [-0.25, -0.2) is 9.59 Å². The van der Waals surface area contributed by atoms with Crippen molar-refractivity contribution in [1.29, 1.82) is 0 Å². The van der Waals surface area contributed by atoms with Gasteiger partial charge in [0.2, 0.25) is 0 Å². The molecular weight excluding hydrogens is 196 g/mol. The van der Waals surface area contributed by atoms with Gasteiger partial charge in [-0.15, -0.1) is 0 Å². The van der Waals surface area contributed by atoms with E-state index in [2.05, 4.69) is 14.4 Å². The Labute approximate surface area is 82.4 Å². The molecule has 0 saturated carbocycles. The van der Waals surface area contributed by atoms with E-state index in [1.54, 1.807) is 0 Å². The van der Waals surface area contributed by atoms with Crippen molar-refractivity contribution in [2.24, 2.45) is 0 Å². The molecule has 0 aliphatic carbocycles. The monoisotopic (exact) mass is 202 g/mol. The quantitative estimate of drug-likeness (QED) is 0.569. The van der Waals surface area contributed by atoms with Crippen LogP contribution < -0.4 is 11.4 Å². The highest BCUT2D eigenvalue weighted by Gasteiger charge is 2.08. The molecule has 5 heteroatoms. The Morgan fingerprint density at radius 1 is 1.00 bits per heavy atom. The average Bonchev–Trinajstić information content (AvgIpc) is 2.57. The fraction of sp³-hybridized carbons (Fsp3) is 0. The van der Waals surface area contributed by atoms with Crippen LogP contribution in [0.25, 0.3) is 21.9 Å². The van der Waals surface area contributed by atoms with Gasteiger partial charge >= 0.3 is 11.4 Å². The van der Waals surface area contributed by atoms with Crippen LogP contribution in [0.5, 0.6) is 0 Å². The minimum absolute atomic E-state index is 0.288. The second-order valence-corrected chi connectivity index (χ2v) is 3.22. The fourth-order valence-corrected chi connectivity index (χ4v) is 1.69. The van der Waals surface area contributed by atoms with E-state index in [1.807, 2.05) is 24.3 Å². The number of aromatic amines is 2. The van der Waals surface area contributed by atoms with Crippen molar-refractivity contribution in [2.45, 2.75) is 0 Å². The Hall–Kier alpha value is -2.30. The molecule has 0 atom stereocenters. The maximum Gasteiger partial charge on any atom is 0.419 e. The van der Waals surface area contributed by atoms with Gasteiger partial charge in [-0.2, -0.15) is 0 Å². The van der Waals surface area contributed by atoms with E-state index in [0.29, 0.717) is 5.52 Å². The summed E-state index contributed by atoms with van der Waals surface area (Å²) in [6.07, 6.45) is 0. The highest BCUT2D eigenvalue weighted by molar-refractivity contribution is 6.04. The summed E-state index contributed by atoms with van der Waals surface area (Å²) < 4.78 is 4.42. The molecule has 0 saturated heterocycles. The number of hydrogen-bond acceptors (Lipinski definition) is 3. The molecule has 1 aromatic carbocycles. The van der Waals surface area contributed by atoms with E-state index in [1.165, 1.54) is 0 Å². The van der Waals surface area contributed by atoms with Gasteiger partial charge in [0, 0.05) is 10.9 Å². The summed E-state index contributed by atoms with van der Waals surface area (Å²) in [5, 5.41) is 0.803. The van der Waals surface area contributed by atoms with Crippen LogP contribution in [0.1, 0.15) is 0 Å². The molecule has 0 aliphatic rings. The fourth-order valence-electron chi connectivity index (χ4n) is 1.69. The van der Waals surface area contributed by atoms with E-state index in [4.69, 9.17) is 0 Å². The molecule has 0 spiro atoms. The van der Waals surface area contributed by atoms with Gasteiger partial charge < -0.3 is 9.40 Å². The van der Waals surface area contributed by atoms with Crippen LogP contribution in [0.3, 0.4) is 0 Å². The van der Waals surface area contributed by atoms with Crippen LogP contribution in [-0.2, 0) is 0 Å². The largest absolute Gasteiger partial charge is 0.419 e. The molecule has 5 nitrogen and oxygen atoms in total. The Balaban J connectivity index is 2.73. The number of rotatable bonds is 0. The molecule has 0 fully saturated rings. The van der Waals surface area contributed by atoms with Gasteiger partial charge in [-0.05, 0) is 6.07 Å². The van der Waals surface area contributed by atoms with E-state index < -0.39 is 11.4 Å². The van der Waals surface area contributed by atoms with Crippen molar-refractivity contribution in [3.63, 3.8) is 0 Å². The first-order valence-corrected chi connectivity index (χ1v) is 4.39. The lowest BCUT2D eigenvalue weighted by Crippen LogP contribution is -2.13. The first kappa shape index (κ1) is 8.05. The minimum atomic E-state index is -0.739. The molecule has 15 heavy (non-hydrogen) atoms. The summed E-state index contributed by atoms with van der Waals surface area (Å²) in [5.74, 6) is -0.739. The number of benzene rings is 1. The Morgan fingerprint density at radius 3 is 2.67 bits per heavy atom. The van der Waals surface area contributed by atoms with Crippen LogP contribution in [-0.4, -0.2) is 9.97 Å². The van der Waals surface area contributed by atoms with Crippen molar-refractivity contribution >= 4 is 21.9 Å². The number of H-pyrrole nitrogens is 2. The molecule has 0 unspecified atom stereocenters. The molecule has 2 heterocycles. The highest BCUT2D eigenvalue weighted by Crippen LogP contribution is 2.19. The second-order valence-electron chi connectivity index (χ2n) is 3.22. The molecule has 2 aromatic heterocycles. The van der Waals surface area contributed by atoms with E-state index >= 15 is 0 Å². The summed E-state index contributed by atoms with van der Waals surface area (Å²) in [4.78, 5) is 27.8. The van der Waals surface area contributed by atoms with Gasteiger partial charge in [0.15, 0.2) is 5.52 Å². The molecular formula is C10H6N2O3. The lowest BCUT2D eigenvalue weighted by molar-refractivity contribution is 0.459. The maximum atomic E-state index is 11.4. The predicted octanol–water partition coefficient (Wildman–Crippen LogP) is 0.963. The van der Waals surface area contributed by atoms with Gasteiger partial charge in [0.1, 0.15) is 0 Å². The van der Waals surface area contributed by atoms with Crippen LogP contribution in [0, 0.1) is 0 Å². The van der Waals surface area contributed by atoms with Crippen LogP contribution in [0.2, 0.25) is 0 Å². The molecule has 0 bridgehead atoms. The normalized spacial score (nSPS) is 11.2. The van der Waals surface area contributed by atoms with Gasteiger partial charge in [-0.1, -0.05) is 18.2 Å². The first-order chi connectivity index (χ1) is 7.25. The second kappa shape index (κ2) is 2.60. The van der Waals surface area contributed by atoms with Crippen molar-refractivity contribution < 1.29 is 4.42 Å². The van der Waals surface area contributed by atoms with Crippen molar-refractivity contribution in [2.75, 3.05) is 0 Å². The number of nitrogens with one attached hydrogen (secondary N) is 2. The Bertz CT molecular complexity index is 763. The zero-order valence-corrected chi connectivity index (χ0v) is 7.53. The summed E-state index contributed by atoms with van der Waals surface area (Å²) in [7, 11) is 0. The van der Waals surface area contributed by atoms with Crippen LogP contribution in [0.4, 0.5) is 0 Å². The van der Waals surface area contributed by atoms with Gasteiger partial charge in [-0.3, -0.25) is 4.98 Å². The molecule has 74 valence electrons. The van der Waals surface area contributed by atoms with Crippen molar-refractivity contribution in [3.05, 3.63) is 45.2 Å². The summed E-state index contributed by atoms with van der Waals surface area (Å²) in [6.45, 7) is 0. The summed E-state index contributed by atoms with van der Waals surface area (Å²) in [5.41, 5.74) is 0.925. The van der Waals surface area contributed by atoms with E-state index in [9.17, 15) is 9.59 Å². The number of fused-ring (bicyclic) bond motifs is 3.